The lowest BCUT2D eigenvalue weighted by molar-refractivity contribution is 0.248. The zero-order valence-corrected chi connectivity index (χ0v) is 12.4. The molecule has 4 heteroatoms. The van der Waals surface area contributed by atoms with Gasteiger partial charge in [0.05, 0.1) is 0 Å². The first-order valence-corrected chi connectivity index (χ1v) is 7.83. The molecule has 3 N–H and O–H groups in total. The van der Waals surface area contributed by atoms with Crippen molar-refractivity contribution >= 4 is 23.2 Å². The molecule has 2 fully saturated rings. The van der Waals surface area contributed by atoms with Crippen LogP contribution in [0.1, 0.15) is 31.2 Å². The van der Waals surface area contributed by atoms with Crippen LogP contribution < -0.4 is 11.3 Å². The molecule has 1 aromatic rings. The molecule has 1 aromatic carbocycles. The first-order chi connectivity index (χ1) is 9.17. The molecular formula is C15H20Cl2N2. The van der Waals surface area contributed by atoms with Gasteiger partial charge in [-0.05, 0) is 67.2 Å². The molecule has 0 heterocycles. The molecule has 4 atom stereocenters. The fourth-order valence-corrected chi connectivity index (χ4v) is 4.45. The van der Waals surface area contributed by atoms with Crippen molar-refractivity contribution in [3.8, 4) is 0 Å². The van der Waals surface area contributed by atoms with Gasteiger partial charge in [0.15, 0.2) is 0 Å². The van der Waals surface area contributed by atoms with Gasteiger partial charge >= 0.3 is 0 Å². The Kier molecular flexibility index (Phi) is 4.04. The molecule has 2 bridgehead atoms. The molecule has 2 saturated carbocycles. The topological polar surface area (TPSA) is 38.0 Å². The predicted molar refractivity (Wildman–Crippen MR) is 80.2 cm³/mol. The maximum absolute atomic E-state index is 6.26. The third-order valence-electron chi connectivity index (χ3n) is 4.97. The average Bonchev–Trinajstić information content (AvgIpc) is 3.02. The van der Waals surface area contributed by atoms with Crippen LogP contribution in [0.15, 0.2) is 18.2 Å². The van der Waals surface area contributed by atoms with E-state index in [1.165, 1.54) is 25.7 Å². The van der Waals surface area contributed by atoms with Crippen LogP contribution in [-0.4, -0.2) is 6.04 Å². The van der Waals surface area contributed by atoms with Gasteiger partial charge in [0.1, 0.15) is 0 Å². The number of rotatable bonds is 4. The lowest BCUT2D eigenvalue weighted by Crippen LogP contribution is -2.44. The highest BCUT2D eigenvalue weighted by molar-refractivity contribution is 6.33. The minimum Gasteiger partial charge on any atom is -0.271 e. The quantitative estimate of drug-likeness (QED) is 0.655. The second kappa shape index (κ2) is 5.61. The van der Waals surface area contributed by atoms with Gasteiger partial charge in [0, 0.05) is 16.1 Å². The SMILES string of the molecule is NNC(Cc1cc(Cl)ccc1Cl)C1CC2CCC1C2. The van der Waals surface area contributed by atoms with Gasteiger partial charge in [0.2, 0.25) is 0 Å². The fourth-order valence-electron chi connectivity index (χ4n) is 4.06. The van der Waals surface area contributed by atoms with Gasteiger partial charge in [-0.2, -0.15) is 0 Å². The van der Waals surface area contributed by atoms with Gasteiger partial charge in [-0.3, -0.25) is 11.3 Å². The Labute approximate surface area is 124 Å². The number of hydrogen-bond acceptors (Lipinski definition) is 2. The summed E-state index contributed by atoms with van der Waals surface area (Å²) in [5.74, 6) is 8.27. The maximum Gasteiger partial charge on any atom is 0.0439 e. The molecule has 0 radical (unpaired) electrons. The van der Waals surface area contributed by atoms with Crippen molar-refractivity contribution in [3.63, 3.8) is 0 Å². The van der Waals surface area contributed by atoms with E-state index in [2.05, 4.69) is 5.43 Å². The van der Waals surface area contributed by atoms with Crippen molar-refractivity contribution in [2.24, 2.45) is 23.6 Å². The lowest BCUT2D eigenvalue weighted by atomic mass is 9.81. The molecule has 4 unspecified atom stereocenters. The summed E-state index contributed by atoms with van der Waals surface area (Å²) >= 11 is 12.3. The zero-order chi connectivity index (χ0) is 13.4. The highest BCUT2D eigenvalue weighted by Gasteiger charge is 2.42. The monoisotopic (exact) mass is 298 g/mol. The van der Waals surface area contributed by atoms with Gasteiger partial charge in [-0.25, -0.2) is 0 Å². The van der Waals surface area contributed by atoms with E-state index in [0.29, 0.717) is 12.0 Å². The van der Waals surface area contributed by atoms with Crippen molar-refractivity contribution in [1.29, 1.82) is 0 Å². The Bertz CT molecular complexity index is 463. The van der Waals surface area contributed by atoms with Crippen LogP contribution in [0.2, 0.25) is 10.0 Å². The van der Waals surface area contributed by atoms with Crippen molar-refractivity contribution in [2.75, 3.05) is 0 Å². The van der Waals surface area contributed by atoms with Crippen molar-refractivity contribution in [3.05, 3.63) is 33.8 Å². The third-order valence-corrected chi connectivity index (χ3v) is 5.58. The molecule has 104 valence electrons. The fraction of sp³-hybridized carbons (Fsp3) is 0.600. The molecule has 0 aliphatic heterocycles. The molecule has 0 spiro atoms. The molecule has 0 saturated heterocycles. The summed E-state index contributed by atoms with van der Waals surface area (Å²) in [5.41, 5.74) is 4.12. The van der Waals surface area contributed by atoms with Crippen LogP contribution in [0, 0.1) is 17.8 Å². The van der Waals surface area contributed by atoms with Crippen LogP contribution in [-0.2, 0) is 6.42 Å². The van der Waals surface area contributed by atoms with E-state index in [4.69, 9.17) is 29.0 Å². The van der Waals surface area contributed by atoms with E-state index in [1.807, 2.05) is 18.2 Å². The smallest absolute Gasteiger partial charge is 0.0439 e. The molecule has 0 aromatic heterocycles. The van der Waals surface area contributed by atoms with Gasteiger partial charge < -0.3 is 0 Å². The Hall–Kier alpha value is -0.280. The zero-order valence-electron chi connectivity index (χ0n) is 10.9. The third kappa shape index (κ3) is 2.78. The molecule has 3 rings (SSSR count). The number of hydrazine groups is 1. The van der Waals surface area contributed by atoms with Crippen molar-refractivity contribution in [1.82, 2.24) is 5.43 Å². The van der Waals surface area contributed by atoms with Crippen LogP contribution in [0.25, 0.3) is 0 Å². The second-order valence-electron chi connectivity index (χ2n) is 6.05. The van der Waals surface area contributed by atoms with Crippen LogP contribution in [0.3, 0.4) is 0 Å². The largest absolute Gasteiger partial charge is 0.271 e. The Morgan fingerprint density at radius 1 is 1.26 bits per heavy atom. The van der Waals surface area contributed by atoms with Gasteiger partial charge in [0.25, 0.3) is 0 Å². The minimum absolute atomic E-state index is 0.311. The van der Waals surface area contributed by atoms with Gasteiger partial charge in [-0.15, -0.1) is 0 Å². The first-order valence-electron chi connectivity index (χ1n) is 7.07. The van der Waals surface area contributed by atoms with Crippen LogP contribution in [0.4, 0.5) is 0 Å². The molecule has 2 aliphatic rings. The number of benzene rings is 1. The summed E-state index contributed by atoms with van der Waals surface area (Å²) < 4.78 is 0. The number of fused-ring (bicyclic) bond motifs is 2. The summed E-state index contributed by atoms with van der Waals surface area (Å²) in [6.07, 6.45) is 6.36. The van der Waals surface area contributed by atoms with E-state index in [-0.39, 0.29) is 0 Å². The van der Waals surface area contributed by atoms with Crippen LogP contribution >= 0.6 is 23.2 Å². The molecule has 2 aliphatic carbocycles. The molecular weight excluding hydrogens is 279 g/mol. The first kappa shape index (κ1) is 13.7. The number of nitrogens with two attached hydrogens (primary N) is 1. The summed E-state index contributed by atoms with van der Waals surface area (Å²) in [7, 11) is 0. The Morgan fingerprint density at radius 2 is 2.11 bits per heavy atom. The van der Waals surface area contributed by atoms with Crippen LogP contribution in [0.5, 0.6) is 0 Å². The predicted octanol–water partition coefficient (Wildman–Crippen LogP) is 3.80. The Balaban J connectivity index is 1.74. The summed E-state index contributed by atoms with van der Waals surface area (Å²) in [6.45, 7) is 0. The summed E-state index contributed by atoms with van der Waals surface area (Å²) in [6, 6.07) is 5.97. The average molecular weight is 299 g/mol. The number of halogens is 2. The minimum atomic E-state index is 0.311. The molecule has 2 nitrogen and oxygen atoms in total. The normalized spacial score (nSPS) is 30.8. The number of nitrogens with one attached hydrogen (secondary N) is 1. The summed E-state index contributed by atoms with van der Waals surface area (Å²) in [4.78, 5) is 0. The van der Waals surface area contributed by atoms with Gasteiger partial charge in [-0.1, -0.05) is 29.6 Å². The van der Waals surface area contributed by atoms with E-state index >= 15 is 0 Å². The van der Waals surface area contributed by atoms with E-state index in [9.17, 15) is 0 Å². The van der Waals surface area contributed by atoms with Crippen molar-refractivity contribution in [2.45, 2.75) is 38.1 Å². The number of hydrogen-bond donors (Lipinski definition) is 2. The highest BCUT2D eigenvalue weighted by atomic mass is 35.5. The molecule has 0 amide bonds. The summed E-state index contributed by atoms with van der Waals surface area (Å²) in [5, 5.41) is 1.52. The Morgan fingerprint density at radius 3 is 2.74 bits per heavy atom. The van der Waals surface area contributed by atoms with Crippen molar-refractivity contribution < 1.29 is 0 Å². The van der Waals surface area contributed by atoms with E-state index in [0.717, 1.165) is 33.9 Å². The van der Waals surface area contributed by atoms with E-state index < -0.39 is 0 Å². The maximum atomic E-state index is 6.26. The second-order valence-corrected chi connectivity index (χ2v) is 6.90. The molecule has 19 heavy (non-hydrogen) atoms. The highest BCUT2D eigenvalue weighted by Crippen LogP contribution is 2.49. The lowest BCUT2D eigenvalue weighted by Gasteiger charge is -2.30. The standard InChI is InChI=1S/C15H20Cl2N2/c16-12-3-4-14(17)11(7-12)8-15(19-18)13-6-9-1-2-10(13)5-9/h3-4,7,9-10,13,15,19H,1-2,5-6,8,18H2. The van der Waals surface area contributed by atoms with E-state index in [1.54, 1.807) is 0 Å².